The number of morpholine rings is 1. The zero-order valence-electron chi connectivity index (χ0n) is 12.5. The van der Waals surface area contributed by atoms with E-state index in [1.807, 2.05) is 0 Å². The number of rotatable bonds is 8. The molecule has 8 nitrogen and oxygen atoms in total. The first-order chi connectivity index (χ1) is 10.6. The van der Waals surface area contributed by atoms with E-state index in [1.54, 1.807) is 0 Å². The Bertz CT molecular complexity index is 497. The Kier molecular flexibility index (Phi) is 6.35. The molecule has 1 aromatic heterocycles. The van der Waals surface area contributed by atoms with E-state index in [1.165, 1.54) is 17.1 Å². The van der Waals surface area contributed by atoms with Crippen LogP contribution in [0.1, 0.15) is 23.2 Å². The average Bonchev–Trinajstić information content (AvgIpc) is 3.00. The number of carboxylic acid groups (broad SMARTS) is 1. The number of aromatic nitrogens is 2. The first-order valence-electron chi connectivity index (χ1n) is 7.47. The standard InChI is InChI=1S/C14H22N4O4/c19-13(2-5-18-11-12(10-16-18)14(20)21)15-3-1-4-17-6-8-22-9-7-17/h10-11H,1-9H2,(H,15,19)(H,20,21). The minimum Gasteiger partial charge on any atom is -0.478 e. The van der Waals surface area contributed by atoms with Crippen LogP contribution in [-0.4, -0.2) is 71.1 Å². The van der Waals surface area contributed by atoms with Crippen LogP contribution >= 0.6 is 0 Å². The van der Waals surface area contributed by atoms with Crippen molar-refractivity contribution >= 4 is 11.9 Å². The molecule has 1 aliphatic rings. The molecule has 0 spiro atoms. The van der Waals surface area contributed by atoms with E-state index in [9.17, 15) is 9.59 Å². The molecule has 1 fully saturated rings. The van der Waals surface area contributed by atoms with Crippen molar-refractivity contribution in [2.24, 2.45) is 0 Å². The lowest BCUT2D eigenvalue weighted by molar-refractivity contribution is -0.121. The van der Waals surface area contributed by atoms with Crippen molar-refractivity contribution in [1.29, 1.82) is 0 Å². The monoisotopic (exact) mass is 310 g/mol. The smallest absolute Gasteiger partial charge is 0.338 e. The Morgan fingerprint density at radius 1 is 1.32 bits per heavy atom. The second-order valence-corrected chi connectivity index (χ2v) is 5.20. The van der Waals surface area contributed by atoms with Crippen molar-refractivity contribution in [2.75, 3.05) is 39.4 Å². The molecule has 0 bridgehead atoms. The summed E-state index contributed by atoms with van der Waals surface area (Å²) in [5, 5.41) is 15.6. The largest absolute Gasteiger partial charge is 0.478 e. The molecule has 0 unspecified atom stereocenters. The summed E-state index contributed by atoms with van der Waals surface area (Å²) in [4.78, 5) is 24.7. The van der Waals surface area contributed by atoms with Crippen molar-refractivity contribution in [3.05, 3.63) is 18.0 Å². The van der Waals surface area contributed by atoms with Gasteiger partial charge in [-0.2, -0.15) is 5.10 Å². The van der Waals surface area contributed by atoms with Crippen molar-refractivity contribution < 1.29 is 19.4 Å². The van der Waals surface area contributed by atoms with Gasteiger partial charge in [0.15, 0.2) is 0 Å². The fourth-order valence-electron chi connectivity index (χ4n) is 2.26. The highest BCUT2D eigenvalue weighted by Gasteiger charge is 2.10. The third kappa shape index (κ3) is 5.45. The number of carboxylic acids is 1. The van der Waals surface area contributed by atoms with E-state index in [-0.39, 0.29) is 17.9 Å². The summed E-state index contributed by atoms with van der Waals surface area (Å²) in [7, 11) is 0. The van der Waals surface area contributed by atoms with Crippen LogP contribution in [0, 0.1) is 0 Å². The number of ether oxygens (including phenoxy) is 1. The van der Waals surface area contributed by atoms with Crippen molar-refractivity contribution in [3.8, 4) is 0 Å². The molecule has 1 aromatic rings. The molecule has 2 rings (SSSR count). The van der Waals surface area contributed by atoms with Crippen LogP contribution in [0.25, 0.3) is 0 Å². The van der Waals surface area contributed by atoms with Crippen LogP contribution in [0.15, 0.2) is 12.4 Å². The molecular formula is C14H22N4O4. The molecule has 8 heteroatoms. The molecule has 0 aromatic carbocycles. The third-order valence-electron chi connectivity index (χ3n) is 3.53. The molecule has 1 saturated heterocycles. The lowest BCUT2D eigenvalue weighted by Crippen LogP contribution is -2.38. The number of aryl methyl sites for hydroxylation is 1. The molecule has 2 N–H and O–H groups in total. The number of nitrogens with one attached hydrogen (secondary N) is 1. The van der Waals surface area contributed by atoms with Gasteiger partial charge in [0.2, 0.25) is 5.91 Å². The van der Waals surface area contributed by atoms with E-state index in [2.05, 4.69) is 15.3 Å². The van der Waals surface area contributed by atoms with Crippen molar-refractivity contribution in [1.82, 2.24) is 20.0 Å². The molecule has 122 valence electrons. The Hall–Kier alpha value is -1.93. The van der Waals surface area contributed by atoms with E-state index < -0.39 is 5.97 Å². The number of hydrogen-bond acceptors (Lipinski definition) is 5. The molecule has 0 radical (unpaired) electrons. The van der Waals surface area contributed by atoms with Gasteiger partial charge in [0.05, 0.1) is 25.0 Å². The second kappa shape index (κ2) is 8.50. The van der Waals surface area contributed by atoms with Gasteiger partial charge in [-0.05, 0) is 13.0 Å². The summed E-state index contributed by atoms with van der Waals surface area (Å²) >= 11 is 0. The average molecular weight is 310 g/mol. The first-order valence-corrected chi connectivity index (χ1v) is 7.47. The maximum Gasteiger partial charge on any atom is 0.338 e. The van der Waals surface area contributed by atoms with Crippen LogP contribution < -0.4 is 5.32 Å². The van der Waals surface area contributed by atoms with Gasteiger partial charge < -0.3 is 15.2 Å². The minimum atomic E-state index is -1.01. The van der Waals surface area contributed by atoms with Crippen LogP contribution in [0.3, 0.4) is 0 Å². The predicted octanol–water partition coefficient (Wildman–Crippen LogP) is -0.190. The van der Waals surface area contributed by atoms with Crippen LogP contribution in [0.5, 0.6) is 0 Å². The number of aromatic carboxylic acids is 1. The molecule has 1 aliphatic heterocycles. The molecule has 1 amide bonds. The number of amides is 1. The van der Waals surface area contributed by atoms with E-state index >= 15 is 0 Å². The lowest BCUT2D eigenvalue weighted by Gasteiger charge is -2.26. The molecule has 0 aliphatic carbocycles. The Morgan fingerprint density at radius 2 is 2.09 bits per heavy atom. The van der Waals surface area contributed by atoms with E-state index in [4.69, 9.17) is 9.84 Å². The summed E-state index contributed by atoms with van der Waals surface area (Å²) in [6, 6.07) is 0. The van der Waals surface area contributed by atoms with Gasteiger partial charge in [-0.25, -0.2) is 4.79 Å². The number of carbonyl (C=O) groups excluding carboxylic acids is 1. The van der Waals surface area contributed by atoms with Crippen LogP contribution in [0.2, 0.25) is 0 Å². The summed E-state index contributed by atoms with van der Waals surface area (Å²) in [5.74, 6) is -1.06. The van der Waals surface area contributed by atoms with Crippen LogP contribution in [0.4, 0.5) is 0 Å². The molecular weight excluding hydrogens is 288 g/mol. The van der Waals surface area contributed by atoms with E-state index in [0.29, 0.717) is 13.1 Å². The van der Waals surface area contributed by atoms with Gasteiger partial charge in [0, 0.05) is 38.8 Å². The maximum absolute atomic E-state index is 11.7. The Balaban J connectivity index is 1.56. The Morgan fingerprint density at radius 3 is 2.77 bits per heavy atom. The van der Waals surface area contributed by atoms with Gasteiger partial charge in [-0.3, -0.25) is 14.4 Å². The van der Waals surface area contributed by atoms with Crippen molar-refractivity contribution in [2.45, 2.75) is 19.4 Å². The summed E-state index contributed by atoms with van der Waals surface area (Å²) in [5.41, 5.74) is 0.130. The first kappa shape index (κ1) is 16.4. The Labute approximate surface area is 129 Å². The highest BCUT2D eigenvalue weighted by atomic mass is 16.5. The zero-order valence-corrected chi connectivity index (χ0v) is 12.5. The fourth-order valence-corrected chi connectivity index (χ4v) is 2.26. The van der Waals surface area contributed by atoms with Gasteiger partial charge in [0.1, 0.15) is 0 Å². The topological polar surface area (TPSA) is 96.7 Å². The number of carbonyl (C=O) groups is 2. The summed E-state index contributed by atoms with van der Waals surface area (Å²) in [6.45, 7) is 5.48. The van der Waals surface area contributed by atoms with E-state index in [0.717, 1.165) is 39.3 Å². The predicted molar refractivity (Wildman–Crippen MR) is 78.7 cm³/mol. The highest BCUT2D eigenvalue weighted by Crippen LogP contribution is 1.99. The van der Waals surface area contributed by atoms with Crippen molar-refractivity contribution in [3.63, 3.8) is 0 Å². The minimum absolute atomic E-state index is 0.0469. The second-order valence-electron chi connectivity index (χ2n) is 5.20. The quantitative estimate of drug-likeness (QED) is 0.646. The molecule has 22 heavy (non-hydrogen) atoms. The third-order valence-corrected chi connectivity index (χ3v) is 3.53. The molecule has 2 heterocycles. The zero-order chi connectivity index (χ0) is 15.8. The maximum atomic E-state index is 11.7. The normalized spacial score (nSPS) is 15.6. The lowest BCUT2D eigenvalue weighted by atomic mass is 10.3. The molecule has 0 atom stereocenters. The van der Waals surface area contributed by atoms with Gasteiger partial charge in [-0.15, -0.1) is 0 Å². The SMILES string of the molecule is O=C(CCn1cc(C(=O)O)cn1)NCCCN1CCOCC1. The summed E-state index contributed by atoms with van der Waals surface area (Å²) in [6.07, 6.45) is 3.91. The number of nitrogens with zero attached hydrogens (tertiary/aromatic N) is 3. The van der Waals surface area contributed by atoms with Crippen LogP contribution in [-0.2, 0) is 16.1 Å². The highest BCUT2D eigenvalue weighted by molar-refractivity contribution is 5.86. The molecule has 0 saturated carbocycles. The van der Waals surface area contributed by atoms with Gasteiger partial charge >= 0.3 is 5.97 Å². The number of hydrogen-bond donors (Lipinski definition) is 2. The summed E-state index contributed by atoms with van der Waals surface area (Å²) < 4.78 is 6.75. The fraction of sp³-hybridized carbons (Fsp3) is 0.643. The van der Waals surface area contributed by atoms with Gasteiger partial charge in [0.25, 0.3) is 0 Å². The van der Waals surface area contributed by atoms with Gasteiger partial charge in [-0.1, -0.05) is 0 Å².